The molecule has 2 atom stereocenters. The summed E-state index contributed by atoms with van der Waals surface area (Å²) in [6, 6.07) is 0. The number of rotatable bonds is 2. The van der Waals surface area contributed by atoms with Crippen molar-refractivity contribution in [1.29, 1.82) is 0 Å². The summed E-state index contributed by atoms with van der Waals surface area (Å²) < 4.78 is 35.9. The molecule has 0 unspecified atom stereocenters. The Labute approximate surface area is 66.4 Å². The van der Waals surface area contributed by atoms with Gasteiger partial charge in [-0.25, -0.2) is 0 Å². The largest absolute Gasteiger partial charge is 0.481 e. The van der Waals surface area contributed by atoms with E-state index in [1.165, 1.54) is 0 Å². The molecule has 12 heavy (non-hydrogen) atoms. The number of halogens is 3. The van der Waals surface area contributed by atoms with E-state index in [9.17, 15) is 18.0 Å². The monoisotopic (exact) mass is 183 g/mol. The van der Waals surface area contributed by atoms with Crippen LogP contribution in [-0.4, -0.2) is 23.8 Å². The molecule has 1 rings (SSSR count). The van der Waals surface area contributed by atoms with Crippen molar-refractivity contribution < 1.29 is 23.1 Å². The van der Waals surface area contributed by atoms with Gasteiger partial charge in [-0.1, -0.05) is 0 Å². The maximum atomic E-state index is 12.0. The van der Waals surface area contributed by atoms with Gasteiger partial charge in [-0.15, -0.1) is 0 Å². The number of aliphatic carboxylic acids is 1. The van der Waals surface area contributed by atoms with E-state index >= 15 is 0 Å². The molecule has 1 aliphatic rings. The standard InChI is InChI=1S/C6H8F3NO2/c7-6(8,9)3-1-5(3,2-10)4(11)12/h3H,1-2,10H2,(H,11,12)/t3-,5+/m0/s1. The van der Waals surface area contributed by atoms with Crippen molar-refractivity contribution in [3.8, 4) is 0 Å². The van der Waals surface area contributed by atoms with Gasteiger partial charge in [0.2, 0.25) is 0 Å². The Morgan fingerprint density at radius 3 is 2.25 bits per heavy atom. The lowest BCUT2D eigenvalue weighted by atomic mass is 10.0. The van der Waals surface area contributed by atoms with Crippen LogP contribution >= 0.6 is 0 Å². The van der Waals surface area contributed by atoms with Crippen LogP contribution in [0.15, 0.2) is 0 Å². The Hall–Kier alpha value is -0.780. The fourth-order valence-corrected chi connectivity index (χ4v) is 1.28. The van der Waals surface area contributed by atoms with E-state index in [0.29, 0.717) is 0 Å². The van der Waals surface area contributed by atoms with Crippen molar-refractivity contribution in [2.45, 2.75) is 12.6 Å². The lowest BCUT2D eigenvalue weighted by Crippen LogP contribution is -2.31. The summed E-state index contributed by atoms with van der Waals surface area (Å²) in [5.74, 6) is -3.21. The third-order valence-corrected chi connectivity index (χ3v) is 2.26. The molecule has 0 spiro atoms. The molecule has 0 bridgehead atoms. The Morgan fingerprint density at radius 1 is 1.67 bits per heavy atom. The zero-order chi connectivity index (χ0) is 9.57. The summed E-state index contributed by atoms with van der Waals surface area (Å²) in [5.41, 5.74) is 3.24. The lowest BCUT2D eigenvalue weighted by molar-refractivity contribution is -0.167. The summed E-state index contributed by atoms with van der Waals surface area (Å²) in [6.07, 6.45) is -4.82. The molecule has 3 N–H and O–H groups in total. The first-order valence-electron chi connectivity index (χ1n) is 3.35. The van der Waals surface area contributed by atoms with Gasteiger partial charge in [-0.05, 0) is 6.42 Å². The van der Waals surface area contributed by atoms with E-state index in [-0.39, 0.29) is 6.42 Å². The molecular formula is C6H8F3NO2. The van der Waals surface area contributed by atoms with Crippen molar-refractivity contribution in [3.63, 3.8) is 0 Å². The van der Waals surface area contributed by atoms with Gasteiger partial charge in [-0.3, -0.25) is 4.79 Å². The van der Waals surface area contributed by atoms with E-state index < -0.39 is 30.0 Å². The normalized spacial score (nSPS) is 34.8. The quantitative estimate of drug-likeness (QED) is 0.658. The molecule has 6 heteroatoms. The predicted octanol–water partition coefficient (Wildman–Crippen LogP) is 0.598. The Kier molecular flexibility index (Phi) is 1.82. The van der Waals surface area contributed by atoms with Crippen LogP contribution in [0, 0.1) is 11.3 Å². The maximum Gasteiger partial charge on any atom is 0.393 e. The summed E-state index contributed by atoms with van der Waals surface area (Å²) in [4.78, 5) is 10.4. The van der Waals surface area contributed by atoms with E-state index in [0.717, 1.165) is 0 Å². The molecule has 3 nitrogen and oxygen atoms in total. The van der Waals surface area contributed by atoms with Gasteiger partial charge in [0.25, 0.3) is 0 Å². The van der Waals surface area contributed by atoms with Gasteiger partial charge in [0.05, 0.1) is 11.3 Å². The molecule has 0 saturated heterocycles. The van der Waals surface area contributed by atoms with E-state index in [1.54, 1.807) is 0 Å². The van der Waals surface area contributed by atoms with Gasteiger partial charge >= 0.3 is 12.1 Å². The predicted molar refractivity (Wildman–Crippen MR) is 33.3 cm³/mol. The highest BCUT2D eigenvalue weighted by Gasteiger charge is 2.70. The van der Waals surface area contributed by atoms with Gasteiger partial charge in [0.15, 0.2) is 0 Å². The smallest absolute Gasteiger partial charge is 0.393 e. The summed E-state index contributed by atoms with van der Waals surface area (Å²) in [7, 11) is 0. The Morgan fingerprint density at radius 2 is 2.17 bits per heavy atom. The zero-order valence-electron chi connectivity index (χ0n) is 6.06. The molecule has 1 fully saturated rings. The van der Waals surface area contributed by atoms with Crippen molar-refractivity contribution in [2.24, 2.45) is 17.1 Å². The molecule has 0 radical (unpaired) electrons. The third kappa shape index (κ3) is 1.16. The van der Waals surface area contributed by atoms with Gasteiger partial charge < -0.3 is 10.8 Å². The average molecular weight is 183 g/mol. The summed E-state index contributed by atoms with van der Waals surface area (Å²) in [5, 5.41) is 8.46. The minimum absolute atomic E-state index is 0.387. The second kappa shape index (κ2) is 2.35. The first-order chi connectivity index (χ1) is 5.34. The second-order valence-corrected chi connectivity index (χ2v) is 2.96. The van der Waals surface area contributed by atoms with Crippen LogP contribution in [0.25, 0.3) is 0 Å². The van der Waals surface area contributed by atoms with E-state index in [1.807, 2.05) is 0 Å². The summed E-state index contributed by atoms with van der Waals surface area (Å²) >= 11 is 0. The topological polar surface area (TPSA) is 63.3 Å². The fourth-order valence-electron chi connectivity index (χ4n) is 1.28. The first kappa shape index (κ1) is 9.31. The first-order valence-corrected chi connectivity index (χ1v) is 3.35. The molecule has 0 heterocycles. The highest BCUT2D eigenvalue weighted by molar-refractivity contribution is 5.79. The molecule has 0 aliphatic heterocycles. The third-order valence-electron chi connectivity index (χ3n) is 2.26. The Bertz CT molecular complexity index is 215. The van der Waals surface area contributed by atoms with Gasteiger partial charge in [0.1, 0.15) is 0 Å². The number of hydrogen-bond donors (Lipinski definition) is 2. The van der Waals surface area contributed by atoms with E-state index in [4.69, 9.17) is 10.8 Å². The van der Waals surface area contributed by atoms with Gasteiger partial charge in [-0.2, -0.15) is 13.2 Å². The molecular weight excluding hydrogens is 175 g/mol. The van der Waals surface area contributed by atoms with Crippen LogP contribution in [0.4, 0.5) is 13.2 Å². The highest BCUT2D eigenvalue weighted by Crippen LogP contribution is 2.59. The molecule has 1 saturated carbocycles. The van der Waals surface area contributed by atoms with Crippen LogP contribution in [-0.2, 0) is 4.79 Å². The number of hydrogen-bond acceptors (Lipinski definition) is 2. The molecule has 0 aromatic carbocycles. The Balaban J connectivity index is 2.75. The van der Waals surface area contributed by atoms with Crippen molar-refractivity contribution in [1.82, 2.24) is 0 Å². The maximum absolute atomic E-state index is 12.0. The number of carbonyl (C=O) groups is 1. The molecule has 70 valence electrons. The second-order valence-electron chi connectivity index (χ2n) is 2.96. The lowest BCUT2D eigenvalue weighted by Gasteiger charge is -2.10. The highest BCUT2D eigenvalue weighted by atomic mass is 19.4. The van der Waals surface area contributed by atoms with E-state index in [2.05, 4.69) is 0 Å². The number of nitrogens with two attached hydrogens (primary N) is 1. The molecule has 0 aromatic rings. The van der Waals surface area contributed by atoms with Crippen molar-refractivity contribution >= 4 is 5.97 Å². The average Bonchev–Trinajstić information content (AvgIpc) is 2.60. The minimum Gasteiger partial charge on any atom is -0.481 e. The van der Waals surface area contributed by atoms with Crippen LogP contribution in [0.3, 0.4) is 0 Å². The summed E-state index contributed by atoms with van der Waals surface area (Å²) in [6.45, 7) is -0.452. The number of alkyl halides is 3. The van der Waals surface area contributed by atoms with Crippen LogP contribution in [0.2, 0.25) is 0 Å². The number of carboxylic acids is 1. The SMILES string of the molecule is NC[C@]1(C(=O)O)C[C@@H]1C(F)(F)F. The molecule has 0 aromatic heterocycles. The van der Waals surface area contributed by atoms with Crippen LogP contribution in [0.1, 0.15) is 6.42 Å². The molecule has 0 amide bonds. The fraction of sp³-hybridized carbons (Fsp3) is 0.833. The molecule has 1 aliphatic carbocycles. The van der Waals surface area contributed by atoms with Crippen molar-refractivity contribution in [3.05, 3.63) is 0 Å². The van der Waals surface area contributed by atoms with Crippen LogP contribution in [0.5, 0.6) is 0 Å². The minimum atomic E-state index is -4.43. The van der Waals surface area contributed by atoms with Crippen molar-refractivity contribution in [2.75, 3.05) is 6.54 Å². The number of carboxylic acid groups (broad SMARTS) is 1. The zero-order valence-corrected chi connectivity index (χ0v) is 6.06. The van der Waals surface area contributed by atoms with Gasteiger partial charge in [0, 0.05) is 6.54 Å². The van der Waals surface area contributed by atoms with Crippen LogP contribution < -0.4 is 5.73 Å².